The first kappa shape index (κ1) is 28.6. The number of ether oxygens (including phenoxy) is 3. The molecule has 2 aromatic rings. The maximum absolute atomic E-state index is 13.7. The Morgan fingerprint density at radius 1 is 1.15 bits per heavy atom. The zero-order valence-electron chi connectivity index (χ0n) is 22.8. The number of amides is 2. The fourth-order valence-corrected chi connectivity index (χ4v) is 5.36. The van der Waals surface area contributed by atoms with Crippen LogP contribution in [0.5, 0.6) is 11.5 Å². The lowest BCUT2D eigenvalue weighted by Crippen LogP contribution is -2.68. The quantitative estimate of drug-likeness (QED) is 0.345. The first-order valence-corrected chi connectivity index (χ1v) is 13.1. The van der Waals surface area contributed by atoms with Gasteiger partial charge in [0, 0.05) is 24.9 Å². The van der Waals surface area contributed by atoms with E-state index < -0.39 is 42.3 Å². The van der Waals surface area contributed by atoms with Crippen LogP contribution in [-0.4, -0.2) is 60.8 Å². The van der Waals surface area contributed by atoms with Crippen molar-refractivity contribution in [1.29, 1.82) is 0 Å². The number of methoxy groups -OCH3 is 2. The first-order chi connectivity index (χ1) is 18.5. The Hall–Kier alpha value is -3.40. The van der Waals surface area contributed by atoms with Crippen LogP contribution in [0.3, 0.4) is 0 Å². The van der Waals surface area contributed by atoms with E-state index >= 15 is 0 Å². The molecule has 8 nitrogen and oxygen atoms in total. The lowest BCUT2D eigenvalue weighted by Gasteiger charge is -2.45. The van der Waals surface area contributed by atoms with E-state index in [9.17, 15) is 23.5 Å². The molecule has 1 atom stereocenters. The summed E-state index contributed by atoms with van der Waals surface area (Å²) in [5, 5.41) is 12.1. The number of urea groups is 1. The Labute approximate surface area is 227 Å². The number of carbonyl (C=O) groups excluding carboxylic acids is 1. The highest BCUT2D eigenvalue weighted by molar-refractivity contribution is 5.88. The molecule has 39 heavy (non-hydrogen) atoms. The van der Waals surface area contributed by atoms with E-state index in [2.05, 4.69) is 5.32 Å². The molecule has 0 heterocycles. The first-order valence-electron chi connectivity index (χ1n) is 13.1. The maximum Gasteiger partial charge on any atom is 0.329 e. The van der Waals surface area contributed by atoms with Gasteiger partial charge < -0.3 is 29.5 Å². The van der Waals surface area contributed by atoms with Gasteiger partial charge in [-0.05, 0) is 55.4 Å². The van der Waals surface area contributed by atoms with Gasteiger partial charge in [-0.2, -0.15) is 0 Å². The minimum atomic E-state index is -3.14. The van der Waals surface area contributed by atoms with Gasteiger partial charge in [0.1, 0.15) is 11.5 Å². The molecule has 10 heteroatoms. The van der Waals surface area contributed by atoms with Crippen LogP contribution in [0.1, 0.15) is 66.8 Å². The summed E-state index contributed by atoms with van der Waals surface area (Å²) in [6, 6.07) is 10.1. The molecule has 0 radical (unpaired) electrons. The van der Waals surface area contributed by atoms with Crippen molar-refractivity contribution in [1.82, 2.24) is 10.2 Å². The second-order valence-electron chi connectivity index (χ2n) is 10.4. The molecule has 0 saturated heterocycles. The van der Waals surface area contributed by atoms with E-state index in [1.807, 2.05) is 43.3 Å². The van der Waals surface area contributed by atoms with Crippen LogP contribution < -0.4 is 14.8 Å². The number of hydrogen-bond acceptors (Lipinski definition) is 5. The molecule has 2 aromatic carbocycles. The molecule has 0 aromatic heterocycles. The molecule has 4 rings (SSSR count). The number of nitrogens with zero attached hydrogens (tertiary/aromatic N) is 1. The van der Waals surface area contributed by atoms with E-state index in [1.165, 1.54) is 4.90 Å². The second kappa shape index (κ2) is 11.4. The lowest BCUT2D eigenvalue weighted by molar-refractivity contribution is -0.175. The summed E-state index contributed by atoms with van der Waals surface area (Å²) in [4.78, 5) is 26.9. The van der Waals surface area contributed by atoms with Crippen LogP contribution in [0, 0.1) is 6.92 Å². The van der Waals surface area contributed by atoms with Crippen molar-refractivity contribution in [3.05, 3.63) is 58.7 Å². The van der Waals surface area contributed by atoms with Gasteiger partial charge >= 0.3 is 12.0 Å². The van der Waals surface area contributed by atoms with Crippen LogP contribution in [0.15, 0.2) is 36.4 Å². The van der Waals surface area contributed by atoms with Gasteiger partial charge in [-0.3, -0.25) is 0 Å². The summed E-state index contributed by atoms with van der Waals surface area (Å²) in [5.74, 6) is -2.93. The SMILES string of the molecule is COc1cc(C(C)N(CCOCc2ccccc2)C(=O)NC2(C(=O)O)CC(F)(F)C2)c(C)c(OC)c1C1CC1. The van der Waals surface area contributed by atoms with E-state index in [0.29, 0.717) is 24.0 Å². The fourth-order valence-electron chi connectivity index (χ4n) is 5.36. The van der Waals surface area contributed by atoms with Gasteiger partial charge in [0.15, 0.2) is 5.54 Å². The van der Waals surface area contributed by atoms with Gasteiger partial charge in [-0.15, -0.1) is 0 Å². The van der Waals surface area contributed by atoms with Crippen molar-refractivity contribution in [2.75, 3.05) is 27.4 Å². The van der Waals surface area contributed by atoms with Gasteiger partial charge in [-0.25, -0.2) is 18.4 Å². The number of hydrogen-bond donors (Lipinski definition) is 2. The molecule has 0 aliphatic heterocycles. The molecule has 0 spiro atoms. The molecule has 0 bridgehead atoms. The zero-order chi connectivity index (χ0) is 28.4. The summed E-state index contributed by atoms with van der Waals surface area (Å²) < 4.78 is 44.7. The van der Waals surface area contributed by atoms with Crippen LogP contribution in [0.2, 0.25) is 0 Å². The normalized spacial score (nSPS) is 18.0. The highest BCUT2D eigenvalue weighted by Crippen LogP contribution is 2.51. The smallest absolute Gasteiger partial charge is 0.329 e. The number of halogens is 2. The molecule has 212 valence electrons. The minimum absolute atomic E-state index is 0.0976. The standard InChI is InChI=1S/C29H36F2N2O6/c1-18-22(14-23(37-3)24(21-10-11-21)25(18)38-4)19(2)33(12-13-39-15-20-8-6-5-7-9-20)27(36)32-28(26(34)35)16-29(30,31)17-28/h5-9,14,19,21H,10-13,15-17H2,1-4H3,(H,32,36)(H,34,35). The lowest BCUT2D eigenvalue weighted by atomic mass is 9.73. The number of benzene rings is 2. The third kappa shape index (κ3) is 6.11. The average Bonchev–Trinajstić information content (AvgIpc) is 3.72. The third-order valence-corrected chi connectivity index (χ3v) is 7.62. The summed E-state index contributed by atoms with van der Waals surface area (Å²) in [5.41, 5.74) is 1.51. The Morgan fingerprint density at radius 3 is 2.36 bits per heavy atom. The van der Waals surface area contributed by atoms with Gasteiger partial charge in [0.2, 0.25) is 0 Å². The number of aliphatic carboxylic acids is 1. The van der Waals surface area contributed by atoms with E-state index in [0.717, 1.165) is 35.1 Å². The number of carbonyl (C=O) groups is 2. The molecule has 2 saturated carbocycles. The van der Waals surface area contributed by atoms with Crippen LogP contribution in [0.4, 0.5) is 13.6 Å². The fraction of sp³-hybridized carbons (Fsp3) is 0.517. The zero-order valence-corrected chi connectivity index (χ0v) is 22.8. The second-order valence-corrected chi connectivity index (χ2v) is 10.4. The van der Waals surface area contributed by atoms with E-state index in [4.69, 9.17) is 14.2 Å². The Balaban J connectivity index is 1.60. The van der Waals surface area contributed by atoms with Crippen molar-refractivity contribution in [3.8, 4) is 11.5 Å². The molecule has 2 N–H and O–H groups in total. The predicted octanol–water partition coefficient (Wildman–Crippen LogP) is 5.43. The molecule has 2 amide bonds. The van der Waals surface area contributed by atoms with Crippen molar-refractivity contribution in [3.63, 3.8) is 0 Å². The van der Waals surface area contributed by atoms with Crippen molar-refractivity contribution < 1.29 is 37.7 Å². The summed E-state index contributed by atoms with van der Waals surface area (Å²) in [6.45, 7) is 4.28. The van der Waals surface area contributed by atoms with Crippen LogP contribution >= 0.6 is 0 Å². The van der Waals surface area contributed by atoms with Gasteiger partial charge in [0.05, 0.1) is 33.5 Å². The van der Waals surface area contributed by atoms with E-state index in [-0.39, 0.29) is 13.2 Å². The molecular weight excluding hydrogens is 510 g/mol. The minimum Gasteiger partial charge on any atom is -0.496 e. The number of alkyl halides is 2. The number of carboxylic acid groups (broad SMARTS) is 1. The Morgan fingerprint density at radius 2 is 1.82 bits per heavy atom. The third-order valence-electron chi connectivity index (χ3n) is 7.62. The molecule has 2 aliphatic carbocycles. The van der Waals surface area contributed by atoms with Gasteiger partial charge in [-0.1, -0.05) is 30.3 Å². The Bertz CT molecular complexity index is 1190. The van der Waals surface area contributed by atoms with Crippen molar-refractivity contribution >= 4 is 12.0 Å². The summed E-state index contributed by atoms with van der Waals surface area (Å²) in [6.07, 6.45) is 0.168. The topological polar surface area (TPSA) is 97.3 Å². The summed E-state index contributed by atoms with van der Waals surface area (Å²) >= 11 is 0. The molecule has 2 aliphatic rings. The summed E-state index contributed by atoms with van der Waals surface area (Å²) in [7, 11) is 3.18. The molecule has 1 unspecified atom stereocenters. The number of nitrogens with one attached hydrogen (secondary N) is 1. The largest absolute Gasteiger partial charge is 0.496 e. The van der Waals surface area contributed by atoms with E-state index in [1.54, 1.807) is 21.1 Å². The predicted molar refractivity (Wildman–Crippen MR) is 141 cm³/mol. The highest BCUT2D eigenvalue weighted by Gasteiger charge is 2.62. The number of carboxylic acids is 1. The van der Waals surface area contributed by atoms with Gasteiger partial charge in [0.25, 0.3) is 5.92 Å². The Kier molecular flexibility index (Phi) is 8.34. The average molecular weight is 547 g/mol. The monoisotopic (exact) mass is 546 g/mol. The van der Waals surface area contributed by atoms with Crippen molar-refractivity contribution in [2.24, 2.45) is 0 Å². The van der Waals surface area contributed by atoms with Crippen LogP contribution in [0.25, 0.3) is 0 Å². The van der Waals surface area contributed by atoms with Crippen LogP contribution in [-0.2, 0) is 16.1 Å². The maximum atomic E-state index is 13.7. The molecular formula is C29H36F2N2O6. The van der Waals surface area contributed by atoms with Crippen molar-refractivity contribution in [2.45, 2.75) is 69.6 Å². The highest BCUT2D eigenvalue weighted by atomic mass is 19.3. The number of rotatable bonds is 12. The molecule has 2 fully saturated rings.